The van der Waals surface area contributed by atoms with Crippen LogP contribution < -0.4 is 4.74 Å². The lowest BCUT2D eigenvalue weighted by Crippen LogP contribution is -2.42. The van der Waals surface area contributed by atoms with Gasteiger partial charge in [0, 0.05) is 50.0 Å². The van der Waals surface area contributed by atoms with Crippen LogP contribution in [0.2, 0.25) is 0 Å². The smallest absolute Gasteiger partial charge is 0.254 e. The zero-order chi connectivity index (χ0) is 18.4. The molecule has 144 valence electrons. The van der Waals surface area contributed by atoms with Gasteiger partial charge in [0.1, 0.15) is 11.9 Å². The number of amides is 2. The molecule has 0 spiro atoms. The molecule has 5 rings (SSSR count). The zero-order valence-corrected chi connectivity index (χ0v) is 15.8. The highest BCUT2D eigenvalue weighted by molar-refractivity contribution is 5.95. The maximum Gasteiger partial charge on any atom is 0.254 e. The van der Waals surface area contributed by atoms with Crippen molar-refractivity contribution in [3.05, 3.63) is 29.8 Å². The fourth-order valence-electron chi connectivity index (χ4n) is 5.02. The SMILES string of the molecule is O=C(C1CC1)N1CCC(Oc2cccc(C(=O)N3C[C@@H]4CC[C@H]3C4)c2)CC1. The van der Waals surface area contributed by atoms with Gasteiger partial charge in [-0.05, 0) is 56.2 Å². The summed E-state index contributed by atoms with van der Waals surface area (Å²) < 4.78 is 6.17. The molecule has 0 N–H and O–H groups in total. The molecule has 0 unspecified atom stereocenters. The molecule has 27 heavy (non-hydrogen) atoms. The van der Waals surface area contributed by atoms with Crippen LogP contribution in [0.5, 0.6) is 5.75 Å². The number of carbonyl (C=O) groups is 2. The molecule has 0 radical (unpaired) electrons. The molecular formula is C22H28N2O3. The lowest BCUT2D eigenvalue weighted by atomic mass is 10.1. The van der Waals surface area contributed by atoms with Gasteiger partial charge in [-0.25, -0.2) is 0 Å². The van der Waals surface area contributed by atoms with Crippen LogP contribution in [-0.4, -0.2) is 53.4 Å². The molecule has 2 amide bonds. The van der Waals surface area contributed by atoms with E-state index in [9.17, 15) is 9.59 Å². The third kappa shape index (κ3) is 3.44. The highest BCUT2D eigenvalue weighted by Crippen LogP contribution is 2.38. The standard InChI is InChI=1S/C22H28N2O3/c25-21(16-5-6-16)23-10-8-19(9-11-23)27-20-3-1-2-17(13-20)22(26)24-14-15-4-7-18(24)12-15/h1-3,13,15-16,18-19H,4-12,14H2/t15-,18+/m1/s1. The maximum absolute atomic E-state index is 12.9. The fourth-order valence-corrected chi connectivity index (χ4v) is 5.02. The van der Waals surface area contributed by atoms with Gasteiger partial charge < -0.3 is 14.5 Å². The van der Waals surface area contributed by atoms with Gasteiger partial charge in [-0.15, -0.1) is 0 Å². The number of fused-ring (bicyclic) bond motifs is 2. The van der Waals surface area contributed by atoms with Crippen molar-refractivity contribution in [1.29, 1.82) is 0 Å². The molecule has 2 saturated carbocycles. The number of likely N-dealkylation sites (tertiary alicyclic amines) is 2. The van der Waals surface area contributed by atoms with Crippen molar-refractivity contribution in [1.82, 2.24) is 9.80 Å². The topological polar surface area (TPSA) is 49.9 Å². The molecule has 0 aromatic heterocycles. The Labute approximate surface area is 160 Å². The van der Waals surface area contributed by atoms with E-state index < -0.39 is 0 Å². The number of rotatable bonds is 4. The summed E-state index contributed by atoms with van der Waals surface area (Å²) >= 11 is 0. The lowest BCUT2D eigenvalue weighted by molar-refractivity contribution is -0.134. The van der Waals surface area contributed by atoms with E-state index in [4.69, 9.17) is 4.74 Å². The largest absolute Gasteiger partial charge is 0.490 e. The molecule has 4 aliphatic rings. The number of hydrogen-bond donors (Lipinski definition) is 0. The third-order valence-electron chi connectivity index (χ3n) is 6.73. The number of benzene rings is 1. The molecule has 2 atom stereocenters. The first-order valence-electron chi connectivity index (χ1n) is 10.5. The first-order valence-corrected chi connectivity index (χ1v) is 10.5. The summed E-state index contributed by atoms with van der Waals surface area (Å²) in [6.45, 7) is 2.49. The number of ether oxygens (including phenoxy) is 1. The van der Waals surface area contributed by atoms with E-state index in [0.717, 1.165) is 63.1 Å². The van der Waals surface area contributed by atoms with Crippen molar-refractivity contribution in [2.24, 2.45) is 11.8 Å². The normalized spacial score (nSPS) is 27.9. The highest BCUT2D eigenvalue weighted by Gasteiger charge is 2.40. The molecule has 2 aliphatic carbocycles. The predicted molar refractivity (Wildman–Crippen MR) is 102 cm³/mol. The minimum absolute atomic E-state index is 0.126. The van der Waals surface area contributed by atoms with E-state index in [1.165, 1.54) is 12.8 Å². The molecule has 2 heterocycles. The first kappa shape index (κ1) is 17.1. The molecule has 1 aromatic rings. The minimum atomic E-state index is 0.126. The van der Waals surface area contributed by atoms with Crippen LogP contribution in [0.1, 0.15) is 55.3 Å². The first-order chi connectivity index (χ1) is 13.2. The molecule has 2 saturated heterocycles. The van der Waals surface area contributed by atoms with E-state index >= 15 is 0 Å². The van der Waals surface area contributed by atoms with E-state index in [0.29, 0.717) is 23.8 Å². The van der Waals surface area contributed by atoms with E-state index in [1.54, 1.807) is 0 Å². The maximum atomic E-state index is 12.9. The third-order valence-corrected chi connectivity index (χ3v) is 6.73. The average Bonchev–Trinajstić information content (AvgIpc) is 3.34. The summed E-state index contributed by atoms with van der Waals surface area (Å²) in [4.78, 5) is 29.1. The van der Waals surface area contributed by atoms with Crippen molar-refractivity contribution < 1.29 is 14.3 Å². The second-order valence-corrected chi connectivity index (χ2v) is 8.74. The van der Waals surface area contributed by atoms with Crippen molar-refractivity contribution in [3.8, 4) is 5.75 Å². The van der Waals surface area contributed by atoms with Crippen LogP contribution >= 0.6 is 0 Å². The van der Waals surface area contributed by atoms with E-state index in [1.807, 2.05) is 29.2 Å². The summed E-state index contributed by atoms with van der Waals surface area (Å²) in [6.07, 6.45) is 7.61. The Kier molecular flexibility index (Phi) is 4.33. The van der Waals surface area contributed by atoms with Crippen molar-refractivity contribution >= 4 is 11.8 Å². The van der Waals surface area contributed by atoms with E-state index in [2.05, 4.69) is 4.90 Å². The second kappa shape index (κ2) is 6.84. The monoisotopic (exact) mass is 368 g/mol. The van der Waals surface area contributed by atoms with Crippen molar-refractivity contribution in [3.63, 3.8) is 0 Å². The second-order valence-electron chi connectivity index (χ2n) is 8.74. The average molecular weight is 368 g/mol. The van der Waals surface area contributed by atoms with Crippen LogP contribution in [0.25, 0.3) is 0 Å². The molecule has 1 aromatic carbocycles. The lowest BCUT2D eigenvalue weighted by Gasteiger charge is -2.32. The van der Waals surface area contributed by atoms with Gasteiger partial charge in [-0.2, -0.15) is 0 Å². The van der Waals surface area contributed by atoms with Crippen LogP contribution in [0, 0.1) is 11.8 Å². The number of piperidine rings is 2. The Morgan fingerprint density at radius 3 is 2.48 bits per heavy atom. The molecule has 2 aliphatic heterocycles. The summed E-state index contributed by atoms with van der Waals surface area (Å²) in [5.41, 5.74) is 0.737. The highest BCUT2D eigenvalue weighted by atomic mass is 16.5. The summed E-state index contributed by atoms with van der Waals surface area (Å²) in [5.74, 6) is 2.27. The van der Waals surface area contributed by atoms with Crippen LogP contribution in [0.4, 0.5) is 0 Å². The number of hydrogen-bond acceptors (Lipinski definition) is 3. The molecule has 5 heteroatoms. The molecule has 5 nitrogen and oxygen atoms in total. The molecular weight excluding hydrogens is 340 g/mol. The molecule has 2 bridgehead atoms. The van der Waals surface area contributed by atoms with Crippen LogP contribution in [0.15, 0.2) is 24.3 Å². The molecule has 4 fully saturated rings. The summed E-state index contributed by atoms with van der Waals surface area (Å²) in [6, 6.07) is 8.10. The Bertz CT molecular complexity index is 737. The van der Waals surface area contributed by atoms with Crippen LogP contribution in [-0.2, 0) is 4.79 Å². The summed E-state index contributed by atoms with van der Waals surface area (Å²) in [7, 11) is 0. The van der Waals surface area contributed by atoms with E-state index in [-0.39, 0.29) is 12.0 Å². The van der Waals surface area contributed by atoms with Gasteiger partial charge in [-0.3, -0.25) is 9.59 Å². The van der Waals surface area contributed by atoms with Gasteiger partial charge in [0.15, 0.2) is 0 Å². The Morgan fingerprint density at radius 1 is 1.00 bits per heavy atom. The zero-order valence-electron chi connectivity index (χ0n) is 15.8. The van der Waals surface area contributed by atoms with Crippen molar-refractivity contribution in [2.45, 2.75) is 57.1 Å². The number of nitrogens with zero attached hydrogens (tertiary/aromatic N) is 2. The Balaban J connectivity index is 1.19. The quantitative estimate of drug-likeness (QED) is 0.821. The van der Waals surface area contributed by atoms with Gasteiger partial charge in [0.05, 0.1) is 0 Å². The van der Waals surface area contributed by atoms with Gasteiger partial charge >= 0.3 is 0 Å². The predicted octanol–water partition coefficient (Wildman–Crippen LogP) is 3.09. The number of carbonyl (C=O) groups excluding carboxylic acids is 2. The van der Waals surface area contributed by atoms with Gasteiger partial charge in [0.25, 0.3) is 5.91 Å². The summed E-state index contributed by atoms with van der Waals surface area (Å²) in [5, 5.41) is 0. The Hall–Kier alpha value is -2.04. The fraction of sp³-hybridized carbons (Fsp3) is 0.636. The Morgan fingerprint density at radius 2 is 1.81 bits per heavy atom. The minimum Gasteiger partial charge on any atom is -0.490 e. The van der Waals surface area contributed by atoms with Gasteiger partial charge in [-0.1, -0.05) is 6.07 Å². The van der Waals surface area contributed by atoms with Crippen LogP contribution in [0.3, 0.4) is 0 Å². The van der Waals surface area contributed by atoms with Crippen molar-refractivity contribution in [2.75, 3.05) is 19.6 Å². The van der Waals surface area contributed by atoms with Gasteiger partial charge in [0.2, 0.25) is 5.91 Å².